The van der Waals surface area contributed by atoms with E-state index < -0.39 is 10.0 Å². The molecule has 3 unspecified atom stereocenters. The van der Waals surface area contributed by atoms with Crippen molar-refractivity contribution in [3.05, 3.63) is 24.3 Å². The molecule has 5 nitrogen and oxygen atoms in total. The average molecular weight is 295 g/mol. The van der Waals surface area contributed by atoms with Crippen LogP contribution in [0.2, 0.25) is 0 Å². The van der Waals surface area contributed by atoms with Gasteiger partial charge in [0.05, 0.1) is 4.90 Å². The van der Waals surface area contributed by atoms with Gasteiger partial charge in [0, 0.05) is 24.8 Å². The molecule has 0 spiro atoms. The second-order valence-corrected chi connectivity index (χ2v) is 7.51. The lowest BCUT2D eigenvalue weighted by molar-refractivity contribution is 0.255. The van der Waals surface area contributed by atoms with Gasteiger partial charge in [-0.3, -0.25) is 0 Å². The van der Waals surface area contributed by atoms with Crippen LogP contribution in [0.15, 0.2) is 29.2 Å². The van der Waals surface area contributed by atoms with E-state index in [0.29, 0.717) is 10.9 Å². The second-order valence-electron chi connectivity index (χ2n) is 5.62. The molecule has 2 bridgehead atoms. The molecule has 1 aromatic carbocycles. The number of anilines is 1. The first-order valence-corrected chi connectivity index (χ1v) is 8.59. The van der Waals surface area contributed by atoms with E-state index in [1.807, 2.05) is 12.1 Å². The van der Waals surface area contributed by atoms with Crippen LogP contribution in [0.4, 0.5) is 5.69 Å². The van der Waals surface area contributed by atoms with E-state index in [0.717, 1.165) is 11.6 Å². The molecule has 2 fully saturated rings. The highest BCUT2D eigenvalue weighted by Crippen LogP contribution is 2.29. The molecule has 0 aliphatic carbocycles. The lowest BCUT2D eigenvalue weighted by Crippen LogP contribution is -2.39. The second kappa shape index (κ2) is 5.35. The maximum atomic E-state index is 11.7. The van der Waals surface area contributed by atoms with Crippen molar-refractivity contribution in [3.8, 4) is 0 Å². The monoisotopic (exact) mass is 295 g/mol. The molecule has 2 heterocycles. The Kier molecular flexibility index (Phi) is 3.70. The van der Waals surface area contributed by atoms with Gasteiger partial charge in [-0.1, -0.05) is 0 Å². The maximum absolute atomic E-state index is 11.7. The van der Waals surface area contributed by atoms with Crippen molar-refractivity contribution in [2.24, 2.45) is 5.92 Å². The smallest absolute Gasteiger partial charge is 0.240 e. The molecule has 2 aliphatic rings. The number of fused-ring (bicyclic) bond motifs is 2. The van der Waals surface area contributed by atoms with Crippen LogP contribution in [0.1, 0.15) is 12.8 Å². The van der Waals surface area contributed by atoms with Crippen molar-refractivity contribution in [3.63, 3.8) is 0 Å². The van der Waals surface area contributed by atoms with Gasteiger partial charge in [0.25, 0.3) is 0 Å². The Morgan fingerprint density at radius 3 is 2.55 bits per heavy atom. The standard InChI is InChI=1S/C14H21N3O2S/c1-15-20(18,19)13-4-2-12(3-5-13)16-14-7-9-17-8-6-11(14)10-17/h2-5,11,14-16H,6-10H2,1H3. The van der Waals surface area contributed by atoms with E-state index in [9.17, 15) is 8.42 Å². The molecular weight excluding hydrogens is 274 g/mol. The van der Waals surface area contributed by atoms with E-state index in [4.69, 9.17) is 0 Å². The molecule has 0 radical (unpaired) electrons. The lowest BCUT2D eigenvalue weighted by Gasteiger charge is -2.31. The predicted octanol–water partition coefficient (Wildman–Crippen LogP) is 1.10. The third-order valence-electron chi connectivity index (χ3n) is 4.42. The summed E-state index contributed by atoms with van der Waals surface area (Å²) in [6, 6.07) is 7.52. The van der Waals surface area contributed by atoms with E-state index in [-0.39, 0.29) is 0 Å². The number of hydrogen-bond donors (Lipinski definition) is 2. The number of piperidine rings is 1. The van der Waals surface area contributed by atoms with Gasteiger partial charge in [0.1, 0.15) is 0 Å². The van der Waals surface area contributed by atoms with Crippen LogP contribution in [0.5, 0.6) is 0 Å². The summed E-state index contributed by atoms with van der Waals surface area (Å²) < 4.78 is 25.7. The summed E-state index contributed by atoms with van der Waals surface area (Å²) in [4.78, 5) is 2.83. The molecule has 0 aromatic heterocycles. The van der Waals surface area contributed by atoms with E-state index in [2.05, 4.69) is 14.9 Å². The number of benzene rings is 1. The Labute approximate surface area is 120 Å². The molecular formula is C14H21N3O2S. The zero-order valence-corrected chi connectivity index (χ0v) is 12.5. The van der Waals surface area contributed by atoms with Gasteiger partial charge in [-0.15, -0.1) is 0 Å². The highest BCUT2D eigenvalue weighted by molar-refractivity contribution is 7.89. The number of hydrogen-bond acceptors (Lipinski definition) is 4. The third-order valence-corrected chi connectivity index (χ3v) is 5.85. The highest BCUT2D eigenvalue weighted by Gasteiger charge is 2.34. The van der Waals surface area contributed by atoms with Crippen LogP contribution < -0.4 is 10.0 Å². The Bertz CT molecular complexity index is 571. The minimum atomic E-state index is -3.34. The number of nitrogens with zero attached hydrogens (tertiary/aromatic N) is 1. The summed E-state index contributed by atoms with van der Waals surface area (Å²) in [7, 11) is -1.92. The number of nitrogens with one attached hydrogen (secondary N) is 2. The Balaban J connectivity index is 1.69. The quantitative estimate of drug-likeness (QED) is 0.873. The first kappa shape index (κ1) is 13.9. The Hall–Kier alpha value is -1.11. The SMILES string of the molecule is CNS(=O)(=O)c1ccc(NC2CCN3CCC2C3)cc1. The van der Waals surface area contributed by atoms with Crippen LogP contribution in [0.3, 0.4) is 0 Å². The molecule has 0 amide bonds. The molecule has 20 heavy (non-hydrogen) atoms. The summed E-state index contributed by atoms with van der Waals surface area (Å²) in [6.07, 6.45) is 2.44. The van der Waals surface area contributed by atoms with E-state index in [1.54, 1.807) is 12.1 Å². The van der Waals surface area contributed by atoms with Gasteiger partial charge in [-0.25, -0.2) is 13.1 Å². The molecule has 6 heteroatoms. The van der Waals surface area contributed by atoms with E-state index >= 15 is 0 Å². The van der Waals surface area contributed by atoms with Crippen LogP contribution in [-0.4, -0.2) is 46.0 Å². The van der Waals surface area contributed by atoms with Gasteiger partial charge in [0.15, 0.2) is 0 Å². The fraction of sp³-hybridized carbons (Fsp3) is 0.571. The van der Waals surface area contributed by atoms with Gasteiger partial charge >= 0.3 is 0 Å². The maximum Gasteiger partial charge on any atom is 0.240 e. The topological polar surface area (TPSA) is 61.4 Å². The summed E-state index contributed by atoms with van der Waals surface area (Å²) in [5, 5.41) is 3.56. The van der Waals surface area contributed by atoms with Crippen molar-refractivity contribution >= 4 is 15.7 Å². The average Bonchev–Trinajstić information content (AvgIpc) is 2.85. The third kappa shape index (κ3) is 2.68. The van der Waals surface area contributed by atoms with Crippen molar-refractivity contribution < 1.29 is 8.42 Å². The minimum absolute atomic E-state index is 0.307. The van der Waals surface area contributed by atoms with Crippen molar-refractivity contribution in [1.29, 1.82) is 0 Å². The van der Waals surface area contributed by atoms with Gasteiger partial charge in [0.2, 0.25) is 10.0 Å². The predicted molar refractivity (Wildman–Crippen MR) is 79.3 cm³/mol. The summed E-state index contributed by atoms with van der Waals surface area (Å²) >= 11 is 0. The fourth-order valence-corrected chi connectivity index (χ4v) is 3.93. The normalized spacial score (nSPS) is 29.4. The molecule has 0 saturated carbocycles. The molecule has 2 aliphatic heterocycles. The van der Waals surface area contributed by atoms with Crippen LogP contribution in [-0.2, 0) is 10.0 Å². The van der Waals surface area contributed by atoms with Gasteiger partial charge in [-0.05, 0) is 56.6 Å². The van der Waals surface area contributed by atoms with Crippen LogP contribution >= 0.6 is 0 Å². The Morgan fingerprint density at radius 1 is 1.15 bits per heavy atom. The minimum Gasteiger partial charge on any atom is -0.382 e. The van der Waals surface area contributed by atoms with E-state index in [1.165, 1.54) is 39.5 Å². The van der Waals surface area contributed by atoms with Crippen LogP contribution in [0.25, 0.3) is 0 Å². The first-order chi connectivity index (χ1) is 9.58. The molecule has 2 saturated heterocycles. The number of rotatable bonds is 4. The molecule has 110 valence electrons. The van der Waals surface area contributed by atoms with Crippen molar-refractivity contribution in [2.75, 3.05) is 32.0 Å². The van der Waals surface area contributed by atoms with Gasteiger partial charge in [-0.2, -0.15) is 0 Å². The molecule has 2 N–H and O–H groups in total. The molecule has 3 atom stereocenters. The zero-order chi connectivity index (χ0) is 14.2. The van der Waals surface area contributed by atoms with Crippen molar-refractivity contribution in [1.82, 2.24) is 9.62 Å². The summed E-state index contributed by atoms with van der Waals surface area (Å²) in [6.45, 7) is 3.59. The Morgan fingerprint density at radius 2 is 1.85 bits per heavy atom. The lowest BCUT2D eigenvalue weighted by atomic mass is 9.94. The fourth-order valence-electron chi connectivity index (χ4n) is 3.20. The zero-order valence-electron chi connectivity index (χ0n) is 11.7. The summed E-state index contributed by atoms with van der Waals surface area (Å²) in [5.74, 6) is 0.726. The van der Waals surface area contributed by atoms with Crippen molar-refractivity contribution in [2.45, 2.75) is 23.8 Å². The highest BCUT2D eigenvalue weighted by atomic mass is 32.2. The first-order valence-electron chi connectivity index (χ1n) is 7.11. The van der Waals surface area contributed by atoms with Gasteiger partial charge < -0.3 is 10.2 Å². The molecule has 1 aromatic rings. The summed E-state index contributed by atoms with van der Waals surface area (Å²) in [5.41, 5.74) is 1.01. The number of sulfonamides is 1. The molecule has 3 rings (SSSR count). The van der Waals surface area contributed by atoms with Crippen LogP contribution in [0, 0.1) is 5.92 Å². The largest absolute Gasteiger partial charge is 0.382 e.